The Morgan fingerprint density at radius 2 is 2.03 bits per heavy atom. The van der Waals surface area contributed by atoms with E-state index < -0.39 is 0 Å². The molecule has 0 aromatic carbocycles. The van der Waals surface area contributed by atoms with Gasteiger partial charge in [0.1, 0.15) is 11.6 Å². The Morgan fingerprint density at radius 1 is 1.17 bits per heavy atom. The van der Waals surface area contributed by atoms with Gasteiger partial charge in [-0.05, 0) is 31.0 Å². The van der Waals surface area contributed by atoms with E-state index in [1.165, 1.54) is 6.20 Å². The van der Waals surface area contributed by atoms with E-state index in [0.29, 0.717) is 19.8 Å². The highest BCUT2D eigenvalue weighted by Crippen LogP contribution is 2.34. The number of morpholine rings is 1. The van der Waals surface area contributed by atoms with Crippen LogP contribution in [-0.2, 0) is 18.3 Å². The molecule has 1 unspecified atom stereocenters. The van der Waals surface area contributed by atoms with E-state index in [0.717, 1.165) is 60.8 Å². The van der Waals surface area contributed by atoms with Crippen LogP contribution in [0.1, 0.15) is 30.3 Å². The number of ether oxygens (including phenoxy) is 1. The van der Waals surface area contributed by atoms with Gasteiger partial charge in [0, 0.05) is 32.9 Å². The van der Waals surface area contributed by atoms with Crippen LogP contribution in [0.2, 0.25) is 0 Å². The highest BCUT2D eigenvalue weighted by molar-refractivity contribution is 5.83. The standard InChI is InChI=1S/C20H24FN7O/c1-26-13-23-17-19(26)24-18(25-20(17)27-5-7-29-8-6-27)16-3-2-4-28(16)12-14-9-15(21)11-22-10-14/h9-11,13,16H,2-8,12H2,1H3. The predicted molar refractivity (Wildman–Crippen MR) is 106 cm³/mol. The lowest BCUT2D eigenvalue weighted by Crippen LogP contribution is -2.37. The molecular formula is C20H24FN7O. The molecule has 3 aromatic rings. The largest absolute Gasteiger partial charge is 0.378 e. The molecule has 0 aliphatic carbocycles. The van der Waals surface area contributed by atoms with Gasteiger partial charge in [-0.2, -0.15) is 0 Å². The summed E-state index contributed by atoms with van der Waals surface area (Å²) in [5, 5.41) is 0. The number of hydrogen-bond acceptors (Lipinski definition) is 7. The van der Waals surface area contributed by atoms with Gasteiger partial charge in [-0.3, -0.25) is 9.88 Å². The molecule has 5 heterocycles. The molecule has 0 amide bonds. The molecular weight excluding hydrogens is 373 g/mol. The van der Waals surface area contributed by atoms with E-state index in [-0.39, 0.29) is 11.9 Å². The van der Waals surface area contributed by atoms with Crippen LogP contribution >= 0.6 is 0 Å². The summed E-state index contributed by atoms with van der Waals surface area (Å²) in [4.78, 5) is 22.9. The van der Waals surface area contributed by atoms with Crippen molar-refractivity contribution in [1.82, 2.24) is 29.4 Å². The van der Waals surface area contributed by atoms with Gasteiger partial charge in [0.05, 0.1) is 31.8 Å². The van der Waals surface area contributed by atoms with E-state index in [2.05, 4.69) is 19.8 Å². The van der Waals surface area contributed by atoms with E-state index >= 15 is 0 Å². The van der Waals surface area contributed by atoms with Gasteiger partial charge < -0.3 is 14.2 Å². The summed E-state index contributed by atoms with van der Waals surface area (Å²) in [5.41, 5.74) is 2.54. The highest BCUT2D eigenvalue weighted by atomic mass is 19.1. The molecule has 2 fully saturated rings. The van der Waals surface area contributed by atoms with Crippen molar-refractivity contribution in [1.29, 1.82) is 0 Å². The number of hydrogen-bond donors (Lipinski definition) is 0. The fourth-order valence-corrected chi connectivity index (χ4v) is 4.24. The number of aryl methyl sites for hydroxylation is 1. The zero-order chi connectivity index (χ0) is 19.8. The Balaban J connectivity index is 1.50. The van der Waals surface area contributed by atoms with Crippen LogP contribution in [-0.4, -0.2) is 62.3 Å². The van der Waals surface area contributed by atoms with E-state index in [4.69, 9.17) is 14.7 Å². The highest BCUT2D eigenvalue weighted by Gasteiger charge is 2.31. The van der Waals surface area contributed by atoms with Crippen molar-refractivity contribution < 1.29 is 9.13 Å². The Bertz CT molecular complexity index is 1020. The van der Waals surface area contributed by atoms with Gasteiger partial charge in [0.25, 0.3) is 0 Å². The normalized spacial score (nSPS) is 20.6. The minimum atomic E-state index is -0.305. The van der Waals surface area contributed by atoms with E-state index in [1.54, 1.807) is 18.6 Å². The quantitative estimate of drug-likeness (QED) is 0.667. The summed E-state index contributed by atoms with van der Waals surface area (Å²) >= 11 is 0. The lowest BCUT2D eigenvalue weighted by molar-refractivity contribution is 0.122. The van der Waals surface area contributed by atoms with Gasteiger partial charge in [-0.25, -0.2) is 19.3 Å². The number of nitrogens with zero attached hydrogens (tertiary/aromatic N) is 7. The maximum atomic E-state index is 13.6. The maximum Gasteiger partial charge on any atom is 0.165 e. The first-order valence-corrected chi connectivity index (χ1v) is 10.0. The molecule has 0 radical (unpaired) electrons. The first kappa shape index (κ1) is 18.4. The number of aromatic nitrogens is 5. The molecule has 1 atom stereocenters. The van der Waals surface area contributed by atoms with Crippen molar-refractivity contribution in [2.45, 2.75) is 25.4 Å². The summed E-state index contributed by atoms with van der Waals surface area (Å²) in [6.07, 6.45) is 6.79. The van der Waals surface area contributed by atoms with Gasteiger partial charge in [0.15, 0.2) is 17.0 Å². The van der Waals surface area contributed by atoms with Crippen molar-refractivity contribution in [3.8, 4) is 0 Å². The predicted octanol–water partition coefficient (Wildman–Crippen LogP) is 2.07. The molecule has 0 spiro atoms. The Morgan fingerprint density at radius 3 is 2.86 bits per heavy atom. The van der Waals surface area contributed by atoms with Gasteiger partial charge in [0.2, 0.25) is 0 Å². The first-order valence-electron chi connectivity index (χ1n) is 10.0. The third-order valence-corrected chi connectivity index (χ3v) is 5.68. The number of pyridine rings is 1. The molecule has 9 heteroatoms. The molecule has 29 heavy (non-hydrogen) atoms. The van der Waals surface area contributed by atoms with Crippen LogP contribution in [0.5, 0.6) is 0 Å². The zero-order valence-electron chi connectivity index (χ0n) is 16.5. The third kappa shape index (κ3) is 3.56. The second-order valence-electron chi connectivity index (χ2n) is 7.67. The minimum absolute atomic E-state index is 0.0948. The number of halogens is 1. The Hall–Kier alpha value is -2.65. The first-order chi connectivity index (χ1) is 14.2. The van der Waals surface area contributed by atoms with E-state index in [1.807, 2.05) is 11.6 Å². The number of anilines is 1. The van der Waals surface area contributed by atoms with Crippen molar-refractivity contribution in [2.75, 3.05) is 37.7 Å². The van der Waals surface area contributed by atoms with Gasteiger partial charge in [-0.15, -0.1) is 0 Å². The Kier molecular flexibility index (Phi) is 4.84. The lowest BCUT2D eigenvalue weighted by atomic mass is 10.2. The monoisotopic (exact) mass is 397 g/mol. The molecule has 3 aromatic heterocycles. The lowest BCUT2D eigenvalue weighted by Gasteiger charge is -2.29. The van der Waals surface area contributed by atoms with Crippen molar-refractivity contribution >= 4 is 17.0 Å². The van der Waals surface area contributed by atoms with Crippen molar-refractivity contribution in [3.63, 3.8) is 0 Å². The molecule has 2 aliphatic heterocycles. The summed E-state index contributed by atoms with van der Waals surface area (Å²) in [5.74, 6) is 1.39. The zero-order valence-corrected chi connectivity index (χ0v) is 16.5. The maximum absolute atomic E-state index is 13.6. The number of imidazole rings is 1. The summed E-state index contributed by atoms with van der Waals surface area (Å²) in [7, 11) is 1.96. The van der Waals surface area contributed by atoms with Crippen LogP contribution in [0.15, 0.2) is 24.8 Å². The SMILES string of the molecule is Cn1cnc2c(N3CCOCC3)nc(C3CCCN3Cc3cncc(F)c3)nc21. The van der Waals surface area contributed by atoms with Crippen LogP contribution in [0, 0.1) is 5.82 Å². The number of fused-ring (bicyclic) bond motifs is 1. The second-order valence-corrected chi connectivity index (χ2v) is 7.67. The fraction of sp³-hybridized carbons (Fsp3) is 0.500. The third-order valence-electron chi connectivity index (χ3n) is 5.68. The fourth-order valence-electron chi connectivity index (χ4n) is 4.24. The molecule has 2 aliphatic rings. The second kappa shape index (κ2) is 7.64. The molecule has 5 rings (SSSR count). The topological polar surface area (TPSA) is 72.2 Å². The molecule has 2 saturated heterocycles. The van der Waals surface area contributed by atoms with Crippen LogP contribution in [0.3, 0.4) is 0 Å². The molecule has 0 N–H and O–H groups in total. The van der Waals surface area contributed by atoms with Crippen molar-refractivity contribution in [2.24, 2.45) is 7.05 Å². The van der Waals surface area contributed by atoms with Crippen LogP contribution in [0.25, 0.3) is 11.2 Å². The van der Waals surface area contributed by atoms with Crippen LogP contribution < -0.4 is 4.90 Å². The van der Waals surface area contributed by atoms with Gasteiger partial charge >= 0.3 is 0 Å². The number of likely N-dealkylation sites (tertiary alicyclic amines) is 1. The van der Waals surface area contributed by atoms with E-state index in [9.17, 15) is 4.39 Å². The Labute approximate surface area is 168 Å². The average molecular weight is 397 g/mol. The minimum Gasteiger partial charge on any atom is -0.378 e. The number of rotatable bonds is 4. The molecule has 152 valence electrons. The van der Waals surface area contributed by atoms with Crippen molar-refractivity contribution in [3.05, 3.63) is 42.0 Å². The van der Waals surface area contributed by atoms with Gasteiger partial charge in [-0.1, -0.05) is 0 Å². The average Bonchev–Trinajstić information content (AvgIpc) is 3.35. The summed E-state index contributed by atoms with van der Waals surface area (Å²) < 4.78 is 21.0. The summed E-state index contributed by atoms with van der Waals surface area (Å²) in [6, 6.07) is 1.64. The van der Waals surface area contributed by atoms with Crippen LogP contribution in [0.4, 0.5) is 10.2 Å². The molecule has 8 nitrogen and oxygen atoms in total. The summed E-state index contributed by atoms with van der Waals surface area (Å²) in [6.45, 7) is 4.54. The smallest absolute Gasteiger partial charge is 0.165 e. The molecule has 0 bridgehead atoms. The molecule has 0 saturated carbocycles.